The van der Waals surface area contributed by atoms with Crippen molar-refractivity contribution >= 4 is 5.97 Å². The van der Waals surface area contributed by atoms with E-state index in [1.165, 1.54) is 12.1 Å². The number of carboxylic acids is 1. The van der Waals surface area contributed by atoms with Crippen molar-refractivity contribution in [3.8, 4) is 6.07 Å². The van der Waals surface area contributed by atoms with Crippen molar-refractivity contribution in [3.63, 3.8) is 0 Å². The molecular weight excluding hydrogens is 247 g/mol. The van der Waals surface area contributed by atoms with Gasteiger partial charge in [-0.1, -0.05) is 19.4 Å². The summed E-state index contributed by atoms with van der Waals surface area (Å²) in [6.45, 7) is 3.59. The average molecular weight is 264 g/mol. The first-order valence-electron chi connectivity index (χ1n) is 6.10. The van der Waals surface area contributed by atoms with Crippen LogP contribution in [0.15, 0.2) is 18.2 Å². The first kappa shape index (κ1) is 15.1. The molecule has 1 aromatic rings. The molecule has 0 spiro atoms. The third-order valence-corrected chi connectivity index (χ3v) is 3.07. The summed E-state index contributed by atoms with van der Waals surface area (Å²) in [7, 11) is 0. The molecule has 2 N–H and O–H groups in total. The van der Waals surface area contributed by atoms with Gasteiger partial charge in [0.15, 0.2) is 0 Å². The number of benzene rings is 1. The Hall–Kier alpha value is -1.93. The van der Waals surface area contributed by atoms with Gasteiger partial charge in [0.05, 0.1) is 11.6 Å². The SMILES string of the molecule is CCCC(C)(NCc1ccc(C#N)cc1F)C(=O)O. The fraction of sp³-hybridized carbons (Fsp3) is 0.429. The van der Waals surface area contributed by atoms with Gasteiger partial charge in [-0.05, 0) is 25.5 Å². The third kappa shape index (κ3) is 3.76. The molecular formula is C14H17FN2O2. The van der Waals surface area contributed by atoms with Crippen LogP contribution in [0.1, 0.15) is 37.8 Å². The zero-order valence-corrected chi connectivity index (χ0v) is 11.0. The summed E-state index contributed by atoms with van der Waals surface area (Å²) >= 11 is 0. The van der Waals surface area contributed by atoms with E-state index >= 15 is 0 Å². The zero-order valence-electron chi connectivity index (χ0n) is 11.0. The highest BCUT2D eigenvalue weighted by atomic mass is 19.1. The van der Waals surface area contributed by atoms with Crippen LogP contribution in [0.25, 0.3) is 0 Å². The van der Waals surface area contributed by atoms with Crippen LogP contribution in [0.4, 0.5) is 4.39 Å². The second-order valence-electron chi connectivity index (χ2n) is 4.66. The molecule has 0 aliphatic heterocycles. The van der Waals surface area contributed by atoms with Crippen molar-refractivity contribution in [2.45, 2.75) is 38.8 Å². The first-order chi connectivity index (χ1) is 8.92. The van der Waals surface area contributed by atoms with Crippen LogP contribution in [0.5, 0.6) is 0 Å². The molecule has 0 aromatic heterocycles. The molecule has 4 nitrogen and oxygen atoms in total. The number of aliphatic carboxylic acids is 1. The van der Waals surface area contributed by atoms with Gasteiger partial charge in [-0.2, -0.15) is 5.26 Å². The quantitative estimate of drug-likeness (QED) is 0.827. The predicted molar refractivity (Wildman–Crippen MR) is 68.9 cm³/mol. The van der Waals surface area contributed by atoms with Crippen molar-refractivity contribution < 1.29 is 14.3 Å². The van der Waals surface area contributed by atoms with Gasteiger partial charge in [-0.15, -0.1) is 0 Å². The highest BCUT2D eigenvalue weighted by molar-refractivity contribution is 5.78. The van der Waals surface area contributed by atoms with Gasteiger partial charge < -0.3 is 5.11 Å². The number of hydrogen-bond donors (Lipinski definition) is 2. The van der Waals surface area contributed by atoms with E-state index < -0.39 is 17.3 Å². The molecule has 5 heteroatoms. The molecule has 0 aliphatic rings. The Kier molecular flexibility index (Phi) is 5.02. The van der Waals surface area contributed by atoms with Crippen LogP contribution < -0.4 is 5.32 Å². The largest absolute Gasteiger partial charge is 0.480 e. The Morgan fingerprint density at radius 1 is 1.58 bits per heavy atom. The fourth-order valence-electron chi connectivity index (χ4n) is 1.82. The van der Waals surface area contributed by atoms with Gasteiger partial charge >= 0.3 is 5.97 Å². The molecule has 1 rings (SSSR count). The smallest absolute Gasteiger partial charge is 0.323 e. The molecule has 0 aliphatic carbocycles. The minimum absolute atomic E-state index is 0.111. The monoisotopic (exact) mass is 264 g/mol. The van der Waals surface area contributed by atoms with Crippen LogP contribution in [0.3, 0.4) is 0 Å². The van der Waals surface area contributed by atoms with Crippen LogP contribution >= 0.6 is 0 Å². The average Bonchev–Trinajstić information content (AvgIpc) is 2.37. The van der Waals surface area contributed by atoms with Crippen LogP contribution in [-0.4, -0.2) is 16.6 Å². The summed E-state index contributed by atoms with van der Waals surface area (Å²) in [6.07, 6.45) is 1.17. The van der Waals surface area contributed by atoms with Gasteiger partial charge in [0.1, 0.15) is 11.4 Å². The van der Waals surface area contributed by atoms with Crippen LogP contribution in [0.2, 0.25) is 0 Å². The maximum Gasteiger partial charge on any atom is 0.323 e. The number of nitriles is 1. The maximum absolute atomic E-state index is 13.7. The van der Waals surface area contributed by atoms with Crippen molar-refractivity contribution in [2.75, 3.05) is 0 Å². The lowest BCUT2D eigenvalue weighted by Crippen LogP contribution is -2.49. The molecule has 0 saturated heterocycles. The van der Waals surface area contributed by atoms with E-state index in [1.54, 1.807) is 6.92 Å². The van der Waals surface area contributed by atoms with E-state index in [-0.39, 0.29) is 12.1 Å². The van der Waals surface area contributed by atoms with Crippen molar-refractivity contribution in [2.24, 2.45) is 0 Å². The molecule has 1 atom stereocenters. The summed E-state index contributed by atoms with van der Waals surface area (Å²) in [5, 5.41) is 20.7. The first-order valence-corrected chi connectivity index (χ1v) is 6.10. The number of halogens is 1. The number of hydrogen-bond acceptors (Lipinski definition) is 3. The molecule has 0 heterocycles. The summed E-state index contributed by atoms with van der Waals surface area (Å²) in [5.74, 6) is -1.46. The molecule has 1 unspecified atom stereocenters. The third-order valence-electron chi connectivity index (χ3n) is 3.07. The lowest BCUT2D eigenvalue weighted by Gasteiger charge is -2.26. The zero-order chi connectivity index (χ0) is 14.5. The standard InChI is InChI=1S/C14H17FN2O2/c1-3-6-14(2,13(18)19)17-9-11-5-4-10(8-16)7-12(11)15/h4-5,7,17H,3,6,9H2,1-2H3,(H,18,19). The van der Waals surface area contributed by atoms with Gasteiger partial charge in [0.25, 0.3) is 0 Å². The van der Waals surface area contributed by atoms with Crippen molar-refractivity contribution in [1.29, 1.82) is 5.26 Å². The fourth-order valence-corrected chi connectivity index (χ4v) is 1.82. The normalized spacial score (nSPS) is 13.6. The van der Waals surface area contributed by atoms with E-state index in [0.717, 1.165) is 6.07 Å². The summed E-state index contributed by atoms with van der Waals surface area (Å²) in [4.78, 5) is 11.2. The van der Waals surface area contributed by atoms with E-state index in [4.69, 9.17) is 5.26 Å². The molecule has 0 saturated carbocycles. The Labute approximate surface area is 111 Å². The molecule has 1 aromatic carbocycles. The van der Waals surface area contributed by atoms with E-state index in [2.05, 4.69) is 5.32 Å². The Morgan fingerprint density at radius 2 is 2.26 bits per heavy atom. The topological polar surface area (TPSA) is 73.1 Å². The predicted octanol–water partition coefficient (Wildman–Crippen LogP) is 2.43. The Morgan fingerprint density at radius 3 is 2.74 bits per heavy atom. The molecule has 0 amide bonds. The molecule has 0 bridgehead atoms. The summed E-state index contributed by atoms with van der Waals surface area (Å²) in [5.41, 5.74) is -0.479. The highest BCUT2D eigenvalue weighted by Crippen LogP contribution is 2.16. The lowest BCUT2D eigenvalue weighted by atomic mass is 9.96. The van der Waals surface area contributed by atoms with Crippen molar-refractivity contribution in [1.82, 2.24) is 5.32 Å². The second-order valence-corrected chi connectivity index (χ2v) is 4.66. The second kappa shape index (κ2) is 6.30. The molecule has 102 valence electrons. The van der Waals surface area contributed by atoms with Gasteiger partial charge in [-0.3, -0.25) is 10.1 Å². The maximum atomic E-state index is 13.7. The molecule has 0 fully saturated rings. The van der Waals surface area contributed by atoms with E-state index in [9.17, 15) is 14.3 Å². The Bertz CT molecular complexity index is 511. The van der Waals surface area contributed by atoms with Gasteiger partial charge in [-0.25, -0.2) is 4.39 Å². The summed E-state index contributed by atoms with van der Waals surface area (Å²) < 4.78 is 13.7. The number of carbonyl (C=O) groups is 1. The van der Waals surface area contributed by atoms with E-state index in [0.29, 0.717) is 18.4 Å². The van der Waals surface area contributed by atoms with Gasteiger partial charge in [0, 0.05) is 12.1 Å². The van der Waals surface area contributed by atoms with Crippen LogP contribution in [0, 0.1) is 17.1 Å². The number of nitrogens with one attached hydrogen (secondary N) is 1. The van der Waals surface area contributed by atoms with Crippen molar-refractivity contribution in [3.05, 3.63) is 35.1 Å². The highest BCUT2D eigenvalue weighted by Gasteiger charge is 2.31. The number of nitrogens with zero attached hydrogens (tertiary/aromatic N) is 1. The Balaban J connectivity index is 2.81. The molecule has 19 heavy (non-hydrogen) atoms. The number of rotatable bonds is 6. The minimum atomic E-state index is -1.07. The van der Waals surface area contributed by atoms with Gasteiger partial charge in [0.2, 0.25) is 0 Å². The molecule has 0 radical (unpaired) electrons. The van der Waals surface area contributed by atoms with Crippen LogP contribution in [-0.2, 0) is 11.3 Å². The van der Waals surface area contributed by atoms with E-state index in [1.807, 2.05) is 13.0 Å². The number of carboxylic acid groups (broad SMARTS) is 1. The minimum Gasteiger partial charge on any atom is -0.480 e. The summed E-state index contributed by atoms with van der Waals surface area (Å²) in [6, 6.07) is 6.01. The lowest BCUT2D eigenvalue weighted by molar-refractivity contribution is -0.144.